The monoisotopic (exact) mass is 372 g/mol. The Morgan fingerprint density at radius 3 is 2.78 bits per heavy atom. The summed E-state index contributed by atoms with van der Waals surface area (Å²) in [6, 6.07) is 12.3. The van der Waals surface area contributed by atoms with Crippen molar-refractivity contribution < 1.29 is 19.1 Å². The summed E-state index contributed by atoms with van der Waals surface area (Å²) in [5.74, 6) is 0.392. The van der Waals surface area contributed by atoms with Crippen molar-refractivity contribution in [2.75, 3.05) is 7.11 Å². The Morgan fingerprint density at radius 2 is 2.04 bits per heavy atom. The highest BCUT2D eigenvalue weighted by Gasteiger charge is 2.10. The minimum atomic E-state index is -0.247. The Bertz CT molecular complexity index is 876. The van der Waals surface area contributed by atoms with Gasteiger partial charge in [0.1, 0.15) is 5.58 Å². The van der Waals surface area contributed by atoms with E-state index in [4.69, 9.17) is 9.15 Å². The highest BCUT2D eigenvalue weighted by Crippen LogP contribution is 2.33. The van der Waals surface area contributed by atoms with Gasteiger partial charge in [0.15, 0.2) is 17.3 Å². The summed E-state index contributed by atoms with van der Waals surface area (Å²) in [7, 11) is 1.47. The summed E-state index contributed by atoms with van der Waals surface area (Å²) in [5.41, 5.74) is 1.33. The summed E-state index contributed by atoms with van der Waals surface area (Å²) in [5, 5.41) is 10.7. The minimum Gasteiger partial charge on any atom is -0.504 e. The van der Waals surface area contributed by atoms with E-state index < -0.39 is 0 Å². The molecule has 2 aromatic carbocycles. The van der Waals surface area contributed by atoms with E-state index in [9.17, 15) is 9.90 Å². The number of furan rings is 1. The van der Waals surface area contributed by atoms with Gasteiger partial charge < -0.3 is 14.3 Å². The van der Waals surface area contributed by atoms with Crippen LogP contribution >= 0.6 is 15.9 Å². The fourth-order valence-corrected chi connectivity index (χ4v) is 2.66. The van der Waals surface area contributed by atoms with Crippen LogP contribution in [0.2, 0.25) is 0 Å². The first kappa shape index (κ1) is 15.4. The molecule has 1 aromatic heterocycles. The highest BCUT2D eigenvalue weighted by atomic mass is 79.9. The van der Waals surface area contributed by atoms with Gasteiger partial charge >= 0.3 is 0 Å². The van der Waals surface area contributed by atoms with Crippen molar-refractivity contribution in [2.24, 2.45) is 0 Å². The molecule has 0 aliphatic carbocycles. The molecule has 3 rings (SSSR count). The molecule has 0 atom stereocenters. The van der Waals surface area contributed by atoms with E-state index in [-0.39, 0.29) is 17.3 Å². The lowest BCUT2D eigenvalue weighted by Crippen LogP contribution is -1.91. The van der Waals surface area contributed by atoms with E-state index in [0.29, 0.717) is 21.4 Å². The third-order valence-corrected chi connectivity index (χ3v) is 4.07. The number of carbonyl (C=O) groups excluding carboxylic acids is 1. The number of aromatic hydroxyl groups is 1. The summed E-state index contributed by atoms with van der Waals surface area (Å²) >= 11 is 3.38. The van der Waals surface area contributed by atoms with Crippen molar-refractivity contribution in [1.82, 2.24) is 0 Å². The molecule has 0 unspecified atom stereocenters. The second-order valence-corrected chi connectivity index (χ2v) is 5.75. The number of phenols is 1. The van der Waals surface area contributed by atoms with Crippen molar-refractivity contribution in [1.29, 1.82) is 0 Å². The van der Waals surface area contributed by atoms with Gasteiger partial charge in [0.2, 0.25) is 5.78 Å². The lowest BCUT2D eigenvalue weighted by atomic mass is 10.1. The fourth-order valence-electron chi connectivity index (χ4n) is 2.20. The van der Waals surface area contributed by atoms with Gasteiger partial charge in [0, 0.05) is 9.86 Å². The number of rotatable bonds is 4. The first-order valence-electron chi connectivity index (χ1n) is 6.86. The molecular weight excluding hydrogens is 360 g/mol. The van der Waals surface area contributed by atoms with E-state index in [1.54, 1.807) is 18.2 Å². The van der Waals surface area contributed by atoms with Crippen molar-refractivity contribution in [3.8, 4) is 11.5 Å². The number of allylic oxidation sites excluding steroid dienone is 1. The van der Waals surface area contributed by atoms with Crippen LogP contribution in [-0.2, 0) is 0 Å². The molecule has 3 aromatic rings. The Labute approximate surface area is 141 Å². The van der Waals surface area contributed by atoms with Gasteiger partial charge in [-0.05, 0) is 42.0 Å². The van der Waals surface area contributed by atoms with Crippen LogP contribution in [0.3, 0.4) is 0 Å². The molecule has 0 amide bonds. The maximum Gasteiger partial charge on any atom is 0.221 e. The Kier molecular flexibility index (Phi) is 4.21. The summed E-state index contributed by atoms with van der Waals surface area (Å²) in [4.78, 5) is 12.2. The molecule has 0 fully saturated rings. The molecule has 0 radical (unpaired) electrons. The molecule has 0 saturated carbocycles. The topological polar surface area (TPSA) is 59.7 Å². The molecular formula is C18H13BrO4. The van der Waals surface area contributed by atoms with Gasteiger partial charge in [-0.1, -0.05) is 34.1 Å². The number of hydrogen-bond acceptors (Lipinski definition) is 4. The fraction of sp³-hybridized carbons (Fsp3) is 0.0556. The number of fused-ring (bicyclic) bond motifs is 1. The third kappa shape index (κ3) is 3.14. The van der Waals surface area contributed by atoms with Crippen LogP contribution in [0.1, 0.15) is 16.1 Å². The summed E-state index contributed by atoms with van der Waals surface area (Å²) in [6.45, 7) is 0. The SMILES string of the molecule is COc1cc(Br)c(/C=C/C(=O)c2cc3ccccc3o2)cc1O. The normalized spacial score (nSPS) is 11.2. The number of ether oxygens (including phenoxy) is 1. The van der Waals surface area contributed by atoms with Crippen LogP contribution in [0.15, 0.2) is 57.4 Å². The number of halogens is 1. The Balaban J connectivity index is 1.87. The van der Waals surface area contributed by atoms with Gasteiger partial charge in [0.25, 0.3) is 0 Å². The van der Waals surface area contributed by atoms with Gasteiger partial charge in [-0.2, -0.15) is 0 Å². The molecule has 0 spiro atoms. The molecule has 0 saturated heterocycles. The third-order valence-electron chi connectivity index (χ3n) is 3.38. The van der Waals surface area contributed by atoms with Crippen molar-refractivity contribution in [3.05, 3.63) is 64.3 Å². The first-order valence-corrected chi connectivity index (χ1v) is 7.65. The zero-order chi connectivity index (χ0) is 16.4. The average Bonchev–Trinajstić information content (AvgIpc) is 2.99. The Morgan fingerprint density at radius 1 is 1.26 bits per heavy atom. The number of ketones is 1. The number of hydrogen-bond donors (Lipinski definition) is 1. The minimum absolute atomic E-state index is 0.00605. The molecule has 0 aliphatic rings. The highest BCUT2D eigenvalue weighted by molar-refractivity contribution is 9.10. The van der Waals surface area contributed by atoms with E-state index in [1.807, 2.05) is 24.3 Å². The smallest absolute Gasteiger partial charge is 0.221 e. The predicted octanol–water partition coefficient (Wildman–Crippen LogP) is 4.81. The predicted molar refractivity (Wildman–Crippen MR) is 91.9 cm³/mol. The van der Waals surface area contributed by atoms with Gasteiger partial charge in [-0.3, -0.25) is 4.79 Å². The molecule has 0 aliphatic heterocycles. The van der Waals surface area contributed by atoms with Crippen LogP contribution in [0.25, 0.3) is 17.0 Å². The largest absolute Gasteiger partial charge is 0.504 e. The quantitative estimate of drug-likeness (QED) is 0.527. The lowest BCUT2D eigenvalue weighted by molar-refractivity contribution is 0.102. The maximum absolute atomic E-state index is 12.2. The van der Waals surface area contributed by atoms with Crippen LogP contribution in [0.4, 0.5) is 0 Å². The summed E-state index contributed by atoms with van der Waals surface area (Å²) < 4.78 is 11.3. The standard InChI is InChI=1S/C18H13BrO4/c1-22-17-10-13(19)11(8-15(17)21)6-7-14(20)18-9-12-4-2-3-5-16(12)23-18/h2-10,21H,1H3/b7-6+. The van der Waals surface area contributed by atoms with Gasteiger partial charge in [-0.15, -0.1) is 0 Å². The molecule has 23 heavy (non-hydrogen) atoms. The van der Waals surface area contributed by atoms with E-state index >= 15 is 0 Å². The number of phenolic OH excluding ortho intramolecular Hbond substituents is 1. The van der Waals surface area contributed by atoms with Crippen LogP contribution in [-0.4, -0.2) is 18.0 Å². The van der Waals surface area contributed by atoms with Crippen molar-refractivity contribution in [2.45, 2.75) is 0 Å². The van der Waals surface area contributed by atoms with E-state index in [2.05, 4.69) is 15.9 Å². The molecule has 4 nitrogen and oxygen atoms in total. The van der Waals surface area contributed by atoms with Crippen LogP contribution in [0.5, 0.6) is 11.5 Å². The maximum atomic E-state index is 12.2. The molecule has 116 valence electrons. The van der Waals surface area contributed by atoms with Crippen molar-refractivity contribution >= 4 is 38.8 Å². The Hall–Kier alpha value is -2.53. The first-order chi connectivity index (χ1) is 11.1. The number of carbonyl (C=O) groups is 1. The lowest BCUT2D eigenvalue weighted by Gasteiger charge is -2.06. The number of benzene rings is 2. The van der Waals surface area contributed by atoms with Crippen LogP contribution < -0.4 is 4.74 Å². The van der Waals surface area contributed by atoms with Crippen LogP contribution in [0, 0.1) is 0 Å². The second-order valence-electron chi connectivity index (χ2n) is 4.89. The van der Waals surface area contributed by atoms with E-state index in [1.165, 1.54) is 19.3 Å². The molecule has 1 N–H and O–H groups in total. The molecule has 5 heteroatoms. The van der Waals surface area contributed by atoms with Gasteiger partial charge in [-0.25, -0.2) is 0 Å². The zero-order valence-corrected chi connectivity index (χ0v) is 13.8. The molecule has 1 heterocycles. The van der Waals surface area contributed by atoms with Gasteiger partial charge in [0.05, 0.1) is 7.11 Å². The number of para-hydroxylation sites is 1. The zero-order valence-electron chi connectivity index (χ0n) is 12.2. The van der Waals surface area contributed by atoms with E-state index in [0.717, 1.165) is 5.39 Å². The summed E-state index contributed by atoms with van der Waals surface area (Å²) in [6.07, 6.45) is 3.02. The molecule has 0 bridgehead atoms. The van der Waals surface area contributed by atoms with Crippen molar-refractivity contribution in [3.63, 3.8) is 0 Å². The second kappa shape index (κ2) is 6.30. The average molecular weight is 373 g/mol. The number of methoxy groups -OCH3 is 1.